The van der Waals surface area contributed by atoms with Gasteiger partial charge in [0.2, 0.25) is 5.91 Å². The fraction of sp³-hybridized carbons (Fsp3) is 0.296. The number of pyridine rings is 2. The number of methoxy groups -OCH3 is 1. The number of anilines is 1. The SMILES string of the molecule is COC/C=C/C(=O)N1C2CC1CN(c1ccc(-c3cc(/C(C=N)=C/NC(F)F)cn4ncc(C#N)c34)cn1)C2. The molecule has 6 heterocycles. The van der Waals surface area contributed by atoms with Crippen molar-refractivity contribution in [1.82, 2.24) is 24.8 Å². The average molecular weight is 533 g/mol. The molecule has 6 rings (SSSR count). The summed E-state index contributed by atoms with van der Waals surface area (Å²) in [4.78, 5) is 21.3. The standard InChI is InChI=1S/C27H26F2N8O2/c1-39-6-2-3-25(38)37-21-8-22(37)16-35(15-21)24-5-4-17(11-32-24)23-7-18(19(9-30)12-33-27(28)29)14-36-26(23)20(10-31)13-34-36/h2-5,7,9,11-14,21-22,27,30,33H,6,8,15-16H2,1H3/b3-2+,19-12+,30-9?. The van der Waals surface area contributed by atoms with Gasteiger partial charge < -0.3 is 25.3 Å². The summed E-state index contributed by atoms with van der Waals surface area (Å²) in [5, 5.41) is 23.5. The third kappa shape index (κ3) is 5.08. The fourth-order valence-electron chi connectivity index (χ4n) is 5.16. The van der Waals surface area contributed by atoms with Crippen LogP contribution in [0.3, 0.4) is 0 Å². The van der Waals surface area contributed by atoms with Crippen molar-refractivity contribution in [2.45, 2.75) is 25.1 Å². The third-order valence-electron chi connectivity index (χ3n) is 6.94. The second kappa shape index (κ2) is 11.0. The van der Waals surface area contributed by atoms with Crippen molar-refractivity contribution in [2.24, 2.45) is 0 Å². The Balaban J connectivity index is 1.40. The van der Waals surface area contributed by atoms with Crippen LogP contribution in [0.4, 0.5) is 14.6 Å². The number of halogens is 2. The third-order valence-corrected chi connectivity index (χ3v) is 6.94. The Bertz CT molecular complexity index is 1480. The van der Waals surface area contributed by atoms with Gasteiger partial charge in [0.25, 0.3) is 0 Å². The second-order valence-corrected chi connectivity index (χ2v) is 9.27. The van der Waals surface area contributed by atoms with Crippen molar-refractivity contribution in [2.75, 3.05) is 31.7 Å². The molecule has 10 nitrogen and oxygen atoms in total. The maximum atomic E-state index is 12.7. The molecule has 3 aliphatic heterocycles. The van der Waals surface area contributed by atoms with Gasteiger partial charge in [0, 0.05) is 73.3 Å². The molecule has 12 heteroatoms. The van der Waals surface area contributed by atoms with E-state index in [0.717, 1.165) is 24.7 Å². The van der Waals surface area contributed by atoms with E-state index in [-0.39, 0.29) is 23.6 Å². The predicted octanol–water partition coefficient (Wildman–Crippen LogP) is 3.06. The van der Waals surface area contributed by atoms with Gasteiger partial charge in [-0.15, -0.1) is 0 Å². The van der Waals surface area contributed by atoms with Gasteiger partial charge in [-0.1, -0.05) is 6.08 Å². The van der Waals surface area contributed by atoms with Crippen LogP contribution in [0.2, 0.25) is 0 Å². The molecule has 3 aromatic heterocycles. The first-order valence-corrected chi connectivity index (χ1v) is 12.3. The van der Waals surface area contributed by atoms with Gasteiger partial charge in [-0.05, 0) is 24.6 Å². The molecule has 0 saturated carbocycles. The zero-order chi connectivity index (χ0) is 27.5. The smallest absolute Gasteiger partial charge is 0.312 e. The predicted molar refractivity (Wildman–Crippen MR) is 141 cm³/mol. The summed E-state index contributed by atoms with van der Waals surface area (Å²) in [6.07, 6.45) is 11.0. The highest BCUT2D eigenvalue weighted by molar-refractivity contribution is 6.09. The summed E-state index contributed by atoms with van der Waals surface area (Å²) < 4.78 is 31.9. The number of carbonyl (C=O) groups excluding carboxylic acids is 1. The molecule has 2 atom stereocenters. The number of nitrogens with one attached hydrogen (secondary N) is 2. The van der Waals surface area contributed by atoms with Crippen molar-refractivity contribution in [3.05, 3.63) is 66.3 Å². The first-order valence-electron chi connectivity index (χ1n) is 12.3. The summed E-state index contributed by atoms with van der Waals surface area (Å²) in [5.74, 6) is 0.772. The molecule has 1 amide bonds. The average Bonchev–Trinajstić information content (AvgIpc) is 3.36. The van der Waals surface area contributed by atoms with E-state index in [4.69, 9.17) is 10.1 Å². The van der Waals surface area contributed by atoms with E-state index in [0.29, 0.717) is 47.5 Å². The number of allylic oxidation sites excluding steroid dienone is 1. The largest absolute Gasteiger partial charge is 0.381 e. The van der Waals surface area contributed by atoms with Crippen molar-refractivity contribution in [3.63, 3.8) is 0 Å². The highest BCUT2D eigenvalue weighted by Crippen LogP contribution is 2.35. The van der Waals surface area contributed by atoms with Gasteiger partial charge in [0.1, 0.15) is 11.9 Å². The lowest BCUT2D eigenvalue weighted by molar-refractivity contribution is -0.140. The van der Waals surface area contributed by atoms with Crippen LogP contribution in [0.15, 0.2) is 55.1 Å². The number of ether oxygens (including phenoxy) is 1. The Morgan fingerprint density at radius 3 is 2.77 bits per heavy atom. The van der Waals surface area contributed by atoms with Gasteiger partial charge in [-0.25, -0.2) is 9.50 Å². The first-order chi connectivity index (χ1) is 18.9. The molecule has 2 bridgehead atoms. The van der Waals surface area contributed by atoms with E-state index < -0.39 is 6.55 Å². The van der Waals surface area contributed by atoms with Gasteiger partial charge >= 0.3 is 6.55 Å². The van der Waals surface area contributed by atoms with Crippen molar-refractivity contribution in [3.8, 4) is 17.2 Å². The Labute approximate surface area is 223 Å². The maximum absolute atomic E-state index is 12.7. The number of piperidine rings is 1. The Kier molecular flexibility index (Phi) is 7.33. The molecule has 39 heavy (non-hydrogen) atoms. The number of rotatable bonds is 9. The number of nitrogens with zero attached hydrogens (tertiary/aromatic N) is 6. The number of piperazine rings is 1. The molecule has 0 spiro atoms. The maximum Gasteiger partial charge on any atom is 0.312 e. The minimum atomic E-state index is -2.77. The van der Waals surface area contributed by atoms with Gasteiger partial charge in [0.05, 0.1) is 36.0 Å². The zero-order valence-electron chi connectivity index (χ0n) is 21.1. The summed E-state index contributed by atoms with van der Waals surface area (Å²) in [6, 6.07) is 7.90. The van der Waals surface area contributed by atoms with Crippen molar-refractivity contribution < 1.29 is 18.3 Å². The van der Waals surface area contributed by atoms with Gasteiger partial charge in [-0.3, -0.25) is 4.79 Å². The highest BCUT2D eigenvalue weighted by atomic mass is 19.3. The quantitative estimate of drug-likeness (QED) is 0.247. The van der Waals surface area contributed by atoms with Crippen LogP contribution in [0.25, 0.3) is 22.2 Å². The van der Waals surface area contributed by atoms with Crippen LogP contribution >= 0.6 is 0 Å². The lowest BCUT2D eigenvalue weighted by atomic mass is 9.87. The van der Waals surface area contributed by atoms with Gasteiger partial charge in [0.15, 0.2) is 0 Å². The lowest BCUT2D eigenvalue weighted by Crippen LogP contribution is -2.70. The molecule has 0 aromatic carbocycles. The van der Waals surface area contributed by atoms with Crippen LogP contribution in [0.1, 0.15) is 17.5 Å². The molecule has 0 radical (unpaired) electrons. The minimum absolute atomic E-state index is 0.00338. The summed E-state index contributed by atoms with van der Waals surface area (Å²) in [5.41, 5.74) is 2.94. The molecular formula is C27H26F2N8O2. The van der Waals surface area contributed by atoms with Crippen LogP contribution in [0, 0.1) is 16.7 Å². The number of hydrogen-bond donors (Lipinski definition) is 2. The number of amides is 1. The highest BCUT2D eigenvalue weighted by Gasteiger charge is 2.46. The van der Waals surface area contributed by atoms with Crippen LogP contribution in [0.5, 0.6) is 0 Å². The Morgan fingerprint density at radius 1 is 1.33 bits per heavy atom. The van der Waals surface area contributed by atoms with E-state index in [1.54, 1.807) is 37.7 Å². The molecule has 3 aromatic rings. The molecule has 0 aliphatic carbocycles. The molecule has 200 valence electrons. The van der Waals surface area contributed by atoms with Crippen LogP contribution < -0.4 is 10.2 Å². The van der Waals surface area contributed by atoms with Crippen molar-refractivity contribution in [1.29, 1.82) is 10.7 Å². The Hall–Kier alpha value is -4.63. The molecule has 3 aliphatic rings. The monoisotopic (exact) mass is 532 g/mol. The van der Waals surface area contributed by atoms with E-state index >= 15 is 0 Å². The minimum Gasteiger partial charge on any atom is -0.381 e. The molecule has 3 saturated heterocycles. The van der Waals surface area contributed by atoms with E-state index in [9.17, 15) is 18.8 Å². The summed E-state index contributed by atoms with van der Waals surface area (Å²) in [7, 11) is 1.58. The normalized spacial score (nSPS) is 18.9. The van der Waals surface area contributed by atoms with Crippen LogP contribution in [-0.4, -0.2) is 77.1 Å². The fourth-order valence-corrected chi connectivity index (χ4v) is 5.16. The van der Waals surface area contributed by atoms with E-state index in [2.05, 4.69) is 21.1 Å². The van der Waals surface area contributed by atoms with Crippen molar-refractivity contribution >= 4 is 29.0 Å². The number of hydrogen-bond acceptors (Lipinski definition) is 8. The second-order valence-electron chi connectivity index (χ2n) is 9.27. The number of carbonyl (C=O) groups is 1. The summed E-state index contributed by atoms with van der Waals surface area (Å²) >= 11 is 0. The number of fused-ring (bicyclic) bond motifs is 3. The first kappa shape index (κ1) is 26.0. The molecule has 2 N–H and O–H groups in total. The molecule has 3 fully saturated rings. The Morgan fingerprint density at radius 2 is 2.13 bits per heavy atom. The number of aromatic nitrogens is 3. The van der Waals surface area contributed by atoms with E-state index in [1.807, 2.05) is 22.3 Å². The van der Waals surface area contributed by atoms with E-state index in [1.165, 1.54) is 10.7 Å². The lowest BCUT2D eigenvalue weighted by Gasteiger charge is -2.56. The topological polar surface area (TPSA) is 123 Å². The number of nitriles is 1. The van der Waals surface area contributed by atoms with Gasteiger partial charge in [-0.2, -0.15) is 19.1 Å². The van der Waals surface area contributed by atoms with Crippen LogP contribution in [-0.2, 0) is 9.53 Å². The summed E-state index contributed by atoms with van der Waals surface area (Å²) in [6.45, 7) is -1.02. The number of alkyl halides is 2. The molecule has 2 unspecified atom stereocenters. The zero-order valence-corrected chi connectivity index (χ0v) is 21.1. The molecular weight excluding hydrogens is 506 g/mol.